The van der Waals surface area contributed by atoms with E-state index < -0.39 is 11.9 Å². The van der Waals surface area contributed by atoms with Crippen molar-refractivity contribution in [2.75, 3.05) is 0 Å². The van der Waals surface area contributed by atoms with Crippen molar-refractivity contribution in [3.8, 4) is 0 Å². The van der Waals surface area contributed by atoms with Crippen LogP contribution in [0.5, 0.6) is 0 Å². The molecule has 1 rings (SSSR count). The molecule has 4 nitrogen and oxygen atoms in total. The second-order valence-corrected chi connectivity index (χ2v) is 5.05. The molecule has 0 saturated carbocycles. The summed E-state index contributed by atoms with van der Waals surface area (Å²) in [5.41, 5.74) is 6.11. The van der Waals surface area contributed by atoms with Gasteiger partial charge >= 0.3 is 0 Å². The summed E-state index contributed by atoms with van der Waals surface area (Å²) in [5.74, 6) is -0.741. The van der Waals surface area contributed by atoms with Gasteiger partial charge in [-0.15, -0.1) is 12.6 Å². The Labute approximate surface area is 112 Å². The molecule has 1 aromatic rings. The fourth-order valence-corrected chi connectivity index (χ4v) is 1.74. The van der Waals surface area contributed by atoms with E-state index in [0.717, 1.165) is 10.5 Å². The summed E-state index contributed by atoms with van der Waals surface area (Å²) < 4.78 is 0. The number of nitrogens with two attached hydrogens (primary N) is 1. The summed E-state index contributed by atoms with van der Waals surface area (Å²) in [6.07, 6.45) is 0.227. The predicted octanol–water partition coefficient (Wildman–Crippen LogP) is 1.14. The molecule has 0 heterocycles. The highest BCUT2D eigenvalue weighted by molar-refractivity contribution is 7.80. The van der Waals surface area contributed by atoms with Gasteiger partial charge in [-0.1, -0.05) is 26.0 Å². The molecule has 0 radical (unpaired) electrons. The van der Waals surface area contributed by atoms with Gasteiger partial charge in [0.05, 0.1) is 6.42 Å². The predicted molar refractivity (Wildman–Crippen MR) is 73.4 cm³/mol. The second kappa shape index (κ2) is 6.44. The number of thiol groups is 1. The van der Waals surface area contributed by atoms with Gasteiger partial charge < -0.3 is 11.1 Å². The van der Waals surface area contributed by atoms with Crippen molar-refractivity contribution in [1.82, 2.24) is 5.32 Å². The third kappa shape index (κ3) is 4.41. The van der Waals surface area contributed by atoms with Crippen LogP contribution in [-0.4, -0.2) is 17.9 Å². The molecular formula is C13H18N2O2S. The number of nitrogens with one attached hydrogen (secondary N) is 1. The largest absolute Gasteiger partial charge is 0.368 e. The Balaban J connectivity index is 2.60. The van der Waals surface area contributed by atoms with Crippen LogP contribution in [0.1, 0.15) is 19.4 Å². The van der Waals surface area contributed by atoms with Crippen molar-refractivity contribution < 1.29 is 9.59 Å². The number of carbonyl (C=O) groups is 2. The van der Waals surface area contributed by atoms with E-state index in [4.69, 9.17) is 5.73 Å². The van der Waals surface area contributed by atoms with Crippen LogP contribution < -0.4 is 11.1 Å². The fourth-order valence-electron chi connectivity index (χ4n) is 1.59. The van der Waals surface area contributed by atoms with Gasteiger partial charge in [-0.2, -0.15) is 0 Å². The molecule has 1 atom stereocenters. The van der Waals surface area contributed by atoms with E-state index in [-0.39, 0.29) is 18.2 Å². The zero-order valence-corrected chi connectivity index (χ0v) is 11.4. The van der Waals surface area contributed by atoms with Crippen LogP contribution in [0.4, 0.5) is 0 Å². The standard InChI is InChI=1S/C13H18N2O2S/c1-8(2)12(13(14)17)15-11(16)7-9-3-5-10(18)6-4-9/h3-6,8,12,18H,7H2,1-2H3,(H2,14,17)(H,15,16). The number of benzene rings is 1. The first-order chi connectivity index (χ1) is 8.40. The zero-order chi connectivity index (χ0) is 13.7. The smallest absolute Gasteiger partial charge is 0.240 e. The zero-order valence-electron chi connectivity index (χ0n) is 10.5. The average Bonchev–Trinajstić information content (AvgIpc) is 2.28. The van der Waals surface area contributed by atoms with Crippen LogP contribution in [0.25, 0.3) is 0 Å². The van der Waals surface area contributed by atoms with Gasteiger partial charge in [-0.05, 0) is 23.6 Å². The van der Waals surface area contributed by atoms with Gasteiger partial charge in [0.2, 0.25) is 11.8 Å². The van der Waals surface area contributed by atoms with Gasteiger partial charge in [0.25, 0.3) is 0 Å². The first-order valence-electron chi connectivity index (χ1n) is 5.76. The maximum absolute atomic E-state index is 11.8. The van der Waals surface area contributed by atoms with E-state index in [1.165, 1.54) is 0 Å². The molecule has 98 valence electrons. The van der Waals surface area contributed by atoms with Crippen LogP contribution in [-0.2, 0) is 16.0 Å². The average molecular weight is 266 g/mol. The Kier molecular flexibility index (Phi) is 5.22. The lowest BCUT2D eigenvalue weighted by Gasteiger charge is -2.18. The molecule has 0 fully saturated rings. The minimum Gasteiger partial charge on any atom is -0.368 e. The Hall–Kier alpha value is -1.49. The molecule has 5 heteroatoms. The molecule has 1 aromatic carbocycles. The maximum Gasteiger partial charge on any atom is 0.240 e. The summed E-state index contributed by atoms with van der Waals surface area (Å²) in [6, 6.07) is 6.67. The number of carbonyl (C=O) groups excluding carboxylic acids is 2. The van der Waals surface area contributed by atoms with Crippen LogP contribution in [0.15, 0.2) is 29.2 Å². The van der Waals surface area contributed by atoms with E-state index in [1.54, 1.807) is 0 Å². The molecule has 0 spiro atoms. The van der Waals surface area contributed by atoms with Gasteiger partial charge in [-0.3, -0.25) is 9.59 Å². The van der Waals surface area contributed by atoms with Crippen molar-refractivity contribution in [2.24, 2.45) is 11.7 Å². The molecule has 3 N–H and O–H groups in total. The summed E-state index contributed by atoms with van der Waals surface area (Å²) in [6.45, 7) is 3.68. The number of primary amides is 1. The van der Waals surface area contributed by atoms with Crippen LogP contribution in [0.3, 0.4) is 0 Å². The van der Waals surface area contributed by atoms with Crippen molar-refractivity contribution in [2.45, 2.75) is 31.2 Å². The normalized spacial score (nSPS) is 12.2. The van der Waals surface area contributed by atoms with Crippen LogP contribution >= 0.6 is 12.6 Å². The molecule has 0 aromatic heterocycles. The van der Waals surface area contributed by atoms with Gasteiger partial charge in [0.1, 0.15) is 6.04 Å². The lowest BCUT2D eigenvalue weighted by Crippen LogP contribution is -2.48. The van der Waals surface area contributed by atoms with E-state index in [0.29, 0.717) is 0 Å². The highest BCUT2D eigenvalue weighted by Gasteiger charge is 2.21. The molecule has 0 aliphatic rings. The topological polar surface area (TPSA) is 72.2 Å². The molecular weight excluding hydrogens is 248 g/mol. The lowest BCUT2D eigenvalue weighted by molar-refractivity contribution is -0.127. The molecule has 18 heavy (non-hydrogen) atoms. The minimum absolute atomic E-state index is 0.0220. The molecule has 0 saturated heterocycles. The second-order valence-electron chi connectivity index (χ2n) is 4.53. The van der Waals surface area contributed by atoms with Crippen molar-refractivity contribution in [3.05, 3.63) is 29.8 Å². The van der Waals surface area contributed by atoms with Gasteiger partial charge in [-0.25, -0.2) is 0 Å². The van der Waals surface area contributed by atoms with Gasteiger partial charge in [0, 0.05) is 4.90 Å². The van der Waals surface area contributed by atoms with Crippen molar-refractivity contribution >= 4 is 24.4 Å². The third-order valence-corrected chi connectivity index (χ3v) is 2.89. The first-order valence-corrected chi connectivity index (χ1v) is 6.21. The van der Waals surface area contributed by atoms with Crippen LogP contribution in [0.2, 0.25) is 0 Å². The fraction of sp³-hybridized carbons (Fsp3) is 0.385. The first kappa shape index (κ1) is 14.6. The third-order valence-electron chi connectivity index (χ3n) is 2.59. The summed E-state index contributed by atoms with van der Waals surface area (Å²) >= 11 is 4.17. The monoisotopic (exact) mass is 266 g/mol. The van der Waals surface area contributed by atoms with Crippen LogP contribution in [0, 0.1) is 5.92 Å². The highest BCUT2D eigenvalue weighted by atomic mass is 32.1. The summed E-state index contributed by atoms with van der Waals surface area (Å²) in [7, 11) is 0. The molecule has 0 aliphatic heterocycles. The van der Waals surface area contributed by atoms with Crippen molar-refractivity contribution in [3.63, 3.8) is 0 Å². The molecule has 2 amide bonds. The highest BCUT2D eigenvalue weighted by Crippen LogP contribution is 2.08. The number of hydrogen-bond donors (Lipinski definition) is 3. The maximum atomic E-state index is 11.8. The SMILES string of the molecule is CC(C)C(NC(=O)Cc1ccc(S)cc1)C(N)=O. The van der Waals surface area contributed by atoms with Gasteiger partial charge in [0.15, 0.2) is 0 Å². The molecule has 1 unspecified atom stereocenters. The lowest BCUT2D eigenvalue weighted by atomic mass is 10.0. The summed E-state index contributed by atoms with van der Waals surface area (Å²) in [5, 5.41) is 2.65. The van der Waals surface area contributed by atoms with E-state index >= 15 is 0 Å². The number of hydrogen-bond acceptors (Lipinski definition) is 3. The Morgan fingerprint density at radius 1 is 1.28 bits per heavy atom. The number of amides is 2. The van der Waals surface area contributed by atoms with E-state index in [9.17, 15) is 9.59 Å². The Morgan fingerprint density at radius 3 is 2.28 bits per heavy atom. The van der Waals surface area contributed by atoms with E-state index in [2.05, 4.69) is 17.9 Å². The Morgan fingerprint density at radius 2 is 1.83 bits per heavy atom. The summed E-state index contributed by atoms with van der Waals surface area (Å²) in [4.78, 5) is 23.8. The minimum atomic E-state index is -0.623. The molecule has 0 aliphatic carbocycles. The quantitative estimate of drug-likeness (QED) is 0.699. The number of rotatable bonds is 5. The Bertz CT molecular complexity index is 429. The van der Waals surface area contributed by atoms with E-state index in [1.807, 2.05) is 38.1 Å². The molecule has 0 bridgehead atoms. The van der Waals surface area contributed by atoms with Crippen molar-refractivity contribution in [1.29, 1.82) is 0 Å².